The van der Waals surface area contributed by atoms with Crippen LogP contribution >= 0.6 is 23.2 Å². The number of allylic oxidation sites excluding steroid dienone is 1. The maximum Gasteiger partial charge on any atom is 0.311 e. The highest BCUT2D eigenvalue weighted by molar-refractivity contribution is 6.35. The van der Waals surface area contributed by atoms with E-state index in [2.05, 4.69) is 6.07 Å². The normalized spacial score (nSPS) is 10.9. The predicted molar refractivity (Wildman–Crippen MR) is 130 cm³/mol. The number of benzene rings is 3. The lowest BCUT2D eigenvalue weighted by molar-refractivity contribution is -0.134. The van der Waals surface area contributed by atoms with Crippen LogP contribution in [0.4, 0.5) is 0 Å². The highest BCUT2D eigenvalue weighted by Crippen LogP contribution is 2.28. The highest BCUT2D eigenvalue weighted by atomic mass is 35.5. The Morgan fingerprint density at radius 3 is 2.48 bits per heavy atom. The number of esters is 1. The molecule has 0 amide bonds. The van der Waals surface area contributed by atoms with Gasteiger partial charge in [0.05, 0.1) is 30.4 Å². The van der Waals surface area contributed by atoms with Crippen molar-refractivity contribution in [3.05, 3.63) is 87.9 Å². The van der Waals surface area contributed by atoms with Crippen LogP contribution in [-0.4, -0.2) is 19.7 Å². The Morgan fingerprint density at radius 2 is 1.79 bits per heavy atom. The molecule has 3 aromatic rings. The number of rotatable bonds is 9. The molecule has 3 rings (SSSR count). The molecule has 0 N–H and O–H groups in total. The van der Waals surface area contributed by atoms with Crippen molar-refractivity contribution in [3.8, 4) is 23.3 Å². The SMILES string of the molecule is COc1ccccc1/C(C#N)=C\c1ccc(OC(=O)CCCOc2ccc(Cl)cc2Cl)cc1. The predicted octanol–water partition coefficient (Wildman–Crippen LogP) is 6.83. The number of nitrogens with zero attached hydrogens (tertiary/aromatic N) is 1. The van der Waals surface area contributed by atoms with Gasteiger partial charge in [0.2, 0.25) is 0 Å². The Hall–Kier alpha value is -3.46. The molecule has 7 heteroatoms. The molecule has 0 fully saturated rings. The van der Waals surface area contributed by atoms with E-state index in [-0.39, 0.29) is 12.4 Å². The molecule has 0 atom stereocenters. The van der Waals surface area contributed by atoms with Crippen LogP contribution in [0, 0.1) is 11.3 Å². The number of methoxy groups -OCH3 is 1. The molecule has 0 aliphatic carbocycles. The number of halogens is 2. The Balaban J connectivity index is 1.53. The van der Waals surface area contributed by atoms with Gasteiger partial charge in [0.25, 0.3) is 0 Å². The molecule has 0 aromatic heterocycles. The molecule has 0 bridgehead atoms. The molecule has 0 aliphatic heterocycles. The average molecular weight is 482 g/mol. The zero-order valence-corrected chi connectivity index (χ0v) is 19.4. The zero-order valence-electron chi connectivity index (χ0n) is 17.9. The Labute approximate surface area is 202 Å². The van der Waals surface area contributed by atoms with Gasteiger partial charge < -0.3 is 14.2 Å². The van der Waals surface area contributed by atoms with Crippen molar-refractivity contribution in [2.75, 3.05) is 13.7 Å². The minimum absolute atomic E-state index is 0.194. The number of hydrogen-bond donors (Lipinski definition) is 0. The Morgan fingerprint density at radius 1 is 1.03 bits per heavy atom. The van der Waals surface area contributed by atoms with Gasteiger partial charge in [-0.3, -0.25) is 4.79 Å². The van der Waals surface area contributed by atoms with Crippen molar-refractivity contribution in [2.45, 2.75) is 12.8 Å². The lowest BCUT2D eigenvalue weighted by atomic mass is 10.0. The van der Waals surface area contributed by atoms with Gasteiger partial charge in [-0.15, -0.1) is 0 Å². The summed E-state index contributed by atoms with van der Waals surface area (Å²) >= 11 is 11.9. The monoisotopic (exact) mass is 481 g/mol. The van der Waals surface area contributed by atoms with Crippen LogP contribution in [0.3, 0.4) is 0 Å². The highest BCUT2D eigenvalue weighted by Gasteiger charge is 2.09. The third-order valence-electron chi connectivity index (χ3n) is 4.62. The minimum Gasteiger partial charge on any atom is -0.496 e. The summed E-state index contributed by atoms with van der Waals surface area (Å²) in [5.41, 5.74) is 1.98. The summed E-state index contributed by atoms with van der Waals surface area (Å²) in [6.45, 7) is 0.320. The largest absolute Gasteiger partial charge is 0.496 e. The van der Waals surface area contributed by atoms with Crippen molar-refractivity contribution in [2.24, 2.45) is 0 Å². The molecule has 0 saturated heterocycles. The molecular formula is C26H21Cl2NO4. The number of hydrogen-bond acceptors (Lipinski definition) is 5. The quantitative estimate of drug-likeness (QED) is 0.110. The first-order valence-corrected chi connectivity index (χ1v) is 10.9. The first-order valence-electron chi connectivity index (χ1n) is 10.1. The number of carbonyl (C=O) groups excluding carboxylic acids is 1. The number of nitriles is 1. The summed E-state index contributed by atoms with van der Waals surface area (Å²) in [6.07, 6.45) is 2.42. The molecular weight excluding hydrogens is 461 g/mol. The van der Waals surface area contributed by atoms with E-state index in [0.717, 1.165) is 5.56 Å². The maximum atomic E-state index is 12.1. The summed E-state index contributed by atoms with van der Waals surface area (Å²) in [4.78, 5) is 12.1. The summed E-state index contributed by atoms with van der Waals surface area (Å²) in [5, 5.41) is 10.5. The minimum atomic E-state index is -0.365. The standard InChI is InChI=1S/C26H21Cl2NO4/c1-31-24-6-3-2-5-22(24)19(17-29)15-18-8-11-21(12-9-18)33-26(30)7-4-14-32-25-13-10-20(27)16-23(25)28/h2-3,5-6,8-13,15-16H,4,7,14H2,1H3/b19-15-. The second-order valence-electron chi connectivity index (χ2n) is 6.94. The summed E-state index contributed by atoms with van der Waals surface area (Å²) < 4.78 is 16.3. The molecule has 0 saturated carbocycles. The number of carbonyl (C=O) groups is 1. The van der Waals surface area contributed by atoms with Gasteiger partial charge in [0.1, 0.15) is 17.2 Å². The van der Waals surface area contributed by atoms with E-state index >= 15 is 0 Å². The first-order chi connectivity index (χ1) is 16.0. The van der Waals surface area contributed by atoms with Crippen LogP contribution in [0.25, 0.3) is 11.6 Å². The van der Waals surface area contributed by atoms with Crippen LogP contribution in [0.2, 0.25) is 10.0 Å². The van der Waals surface area contributed by atoms with Crippen LogP contribution in [-0.2, 0) is 4.79 Å². The molecule has 0 aliphatic rings. The van der Waals surface area contributed by atoms with Crippen LogP contribution in [0.15, 0.2) is 66.7 Å². The van der Waals surface area contributed by atoms with Crippen LogP contribution in [0.1, 0.15) is 24.0 Å². The van der Waals surface area contributed by atoms with E-state index in [1.165, 1.54) is 0 Å². The zero-order chi connectivity index (χ0) is 23.6. The number of ether oxygens (including phenoxy) is 3. The third kappa shape index (κ3) is 7.01. The summed E-state index contributed by atoms with van der Waals surface area (Å²) in [7, 11) is 1.57. The number of para-hydroxylation sites is 1. The molecule has 0 unspecified atom stereocenters. The Kier molecular flexibility index (Phi) is 8.77. The van der Waals surface area contributed by atoms with Crippen LogP contribution in [0.5, 0.6) is 17.2 Å². The third-order valence-corrected chi connectivity index (χ3v) is 5.15. The fraction of sp³-hybridized carbons (Fsp3) is 0.154. The van der Waals surface area contributed by atoms with Gasteiger partial charge in [0, 0.05) is 17.0 Å². The molecule has 0 radical (unpaired) electrons. The fourth-order valence-corrected chi connectivity index (χ4v) is 3.47. The van der Waals surface area contributed by atoms with Crippen molar-refractivity contribution >= 4 is 40.8 Å². The van der Waals surface area contributed by atoms with Gasteiger partial charge in [-0.25, -0.2) is 0 Å². The second kappa shape index (κ2) is 12.0. The molecule has 0 spiro atoms. The van der Waals surface area contributed by atoms with E-state index in [1.54, 1.807) is 61.7 Å². The van der Waals surface area contributed by atoms with E-state index in [1.807, 2.05) is 18.2 Å². The molecule has 5 nitrogen and oxygen atoms in total. The lowest BCUT2D eigenvalue weighted by Crippen LogP contribution is -2.10. The lowest BCUT2D eigenvalue weighted by Gasteiger charge is -2.09. The molecule has 33 heavy (non-hydrogen) atoms. The maximum absolute atomic E-state index is 12.1. The van der Waals surface area contributed by atoms with Crippen LogP contribution < -0.4 is 14.2 Å². The first kappa shape index (κ1) is 24.2. The van der Waals surface area contributed by atoms with Gasteiger partial charge >= 0.3 is 5.97 Å². The van der Waals surface area contributed by atoms with E-state index < -0.39 is 0 Å². The van der Waals surface area contributed by atoms with Crippen molar-refractivity contribution in [1.29, 1.82) is 5.26 Å². The van der Waals surface area contributed by atoms with Gasteiger partial charge in [0.15, 0.2) is 0 Å². The Bertz CT molecular complexity index is 1180. The summed E-state index contributed by atoms with van der Waals surface area (Å²) in [5.74, 6) is 1.20. The van der Waals surface area contributed by atoms with Crippen molar-refractivity contribution < 1.29 is 19.0 Å². The van der Waals surface area contributed by atoms with Gasteiger partial charge in [-0.2, -0.15) is 5.26 Å². The average Bonchev–Trinajstić information content (AvgIpc) is 2.82. The van der Waals surface area contributed by atoms with Gasteiger partial charge in [-0.1, -0.05) is 47.5 Å². The van der Waals surface area contributed by atoms with E-state index in [9.17, 15) is 10.1 Å². The molecule has 0 heterocycles. The fourth-order valence-electron chi connectivity index (χ4n) is 3.01. The topological polar surface area (TPSA) is 68.5 Å². The van der Waals surface area contributed by atoms with Crippen molar-refractivity contribution in [3.63, 3.8) is 0 Å². The smallest absolute Gasteiger partial charge is 0.311 e. The van der Waals surface area contributed by atoms with E-state index in [0.29, 0.717) is 51.5 Å². The molecule has 3 aromatic carbocycles. The molecule has 168 valence electrons. The second-order valence-corrected chi connectivity index (χ2v) is 7.78. The van der Waals surface area contributed by atoms with E-state index in [4.69, 9.17) is 37.4 Å². The van der Waals surface area contributed by atoms with Gasteiger partial charge in [-0.05, 0) is 60.5 Å². The van der Waals surface area contributed by atoms with Crippen molar-refractivity contribution in [1.82, 2.24) is 0 Å². The summed E-state index contributed by atoms with van der Waals surface area (Å²) in [6, 6.07) is 21.4.